The first kappa shape index (κ1) is 29.6. The number of allylic oxidation sites excluding steroid dienone is 2. The molecule has 0 aromatic carbocycles. The Labute approximate surface area is 236 Å². The Bertz CT molecular complexity index is 901. The van der Waals surface area contributed by atoms with Crippen molar-refractivity contribution in [2.75, 3.05) is 0 Å². The Kier molecular flexibility index (Phi) is 8.16. The minimum absolute atomic E-state index is 0.00438. The van der Waals surface area contributed by atoms with Crippen molar-refractivity contribution in [1.82, 2.24) is 0 Å². The van der Waals surface area contributed by atoms with Crippen molar-refractivity contribution in [2.24, 2.45) is 28.6 Å². The molecule has 3 fully saturated rings. The van der Waals surface area contributed by atoms with Gasteiger partial charge in [0, 0.05) is 0 Å². The summed E-state index contributed by atoms with van der Waals surface area (Å²) in [6, 6.07) is 0. The molecular weight excluding hydrogens is 690 g/mol. The van der Waals surface area contributed by atoms with Gasteiger partial charge in [-0.3, -0.25) is 0 Å². The predicted molar refractivity (Wildman–Crippen MR) is 127 cm³/mol. The second-order valence-corrected chi connectivity index (χ2v) is 17.6. The molecule has 3 saturated carbocycles. The van der Waals surface area contributed by atoms with E-state index in [9.17, 15) is 32.1 Å². The summed E-state index contributed by atoms with van der Waals surface area (Å²) in [7, 11) is 0. The van der Waals surface area contributed by atoms with Crippen LogP contribution in [0.4, 0.5) is 0 Å². The zero-order valence-corrected chi connectivity index (χ0v) is 26.4. The molecule has 0 amide bonds. The normalized spacial score (nSPS) is 45.5. The van der Waals surface area contributed by atoms with E-state index < -0.39 is 80.9 Å². The predicted octanol–water partition coefficient (Wildman–Crippen LogP) is -4.14. The van der Waals surface area contributed by atoms with E-state index in [2.05, 4.69) is 13.8 Å². The van der Waals surface area contributed by atoms with Crippen molar-refractivity contribution < 1.29 is 75.3 Å². The molecule has 9 heteroatoms. The number of halogens is 2. The topological polar surface area (TPSA) is 138 Å². The van der Waals surface area contributed by atoms with Crippen LogP contribution in [0, 0.1) is 28.6 Å². The van der Waals surface area contributed by atoms with Gasteiger partial charge in [-0.25, -0.2) is 0 Å². The van der Waals surface area contributed by atoms with Crippen molar-refractivity contribution in [3.05, 3.63) is 11.6 Å². The first-order valence-corrected chi connectivity index (χ1v) is 17.5. The Morgan fingerprint density at radius 1 is 1.06 bits per heavy atom. The molecule has 210 valence electrons. The second-order valence-electron chi connectivity index (χ2n) is 13.3. The fourth-order valence-electron chi connectivity index (χ4n) is 8.59. The molecular formula is C27H44I2O7-2. The first-order valence-electron chi connectivity index (χ1n) is 13.2. The molecule has 4 aliphatic rings. The van der Waals surface area contributed by atoms with Crippen LogP contribution in [0.25, 0.3) is 0 Å². The van der Waals surface area contributed by atoms with Crippen LogP contribution in [0.3, 0.4) is 0 Å². The molecule has 0 heterocycles. The third kappa shape index (κ3) is 4.47. The molecule has 0 radical (unpaired) electrons. The number of carbonyl (C=O) groups is 1. The zero-order valence-electron chi connectivity index (χ0n) is 22.0. The van der Waals surface area contributed by atoms with Gasteiger partial charge >= 0.3 is 238 Å². The van der Waals surface area contributed by atoms with E-state index in [1.807, 2.05) is 6.92 Å². The number of hydrogen-bond acceptors (Lipinski definition) is 7. The number of hydrogen-bond donors (Lipinski definition) is 6. The van der Waals surface area contributed by atoms with Gasteiger partial charge in [-0.1, -0.05) is 0 Å². The van der Waals surface area contributed by atoms with Crippen molar-refractivity contribution in [3.63, 3.8) is 0 Å². The van der Waals surface area contributed by atoms with Crippen LogP contribution in [0.2, 0.25) is 0 Å². The summed E-state index contributed by atoms with van der Waals surface area (Å²) in [5, 5.41) is 43.1. The zero-order chi connectivity index (χ0) is 26.9. The molecule has 10 atom stereocenters. The summed E-state index contributed by atoms with van der Waals surface area (Å²) in [4.78, 5) is 13.5. The molecule has 0 bridgehead atoms. The third-order valence-corrected chi connectivity index (χ3v) is 16.4. The molecule has 0 aromatic heterocycles. The molecule has 4 rings (SSSR count). The van der Waals surface area contributed by atoms with E-state index in [0.717, 1.165) is 18.4 Å². The van der Waals surface area contributed by atoms with Gasteiger partial charge in [-0.05, 0) is 0 Å². The molecule has 36 heavy (non-hydrogen) atoms. The maximum absolute atomic E-state index is 13.5. The number of alkyl halides is 2. The van der Waals surface area contributed by atoms with Crippen LogP contribution in [0.5, 0.6) is 0 Å². The van der Waals surface area contributed by atoms with E-state index in [1.165, 1.54) is 0 Å². The Morgan fingerprint density at radius 2 is 1.72 bits per heavy atom. The van der Waals surface area contributed by atoms with Gasteiger partial charge in [0.25, 0.3) is 0 Å². The number of ketones is 1. The Hall–Kier alpha value is 0.630. The molecule has 0 aliphatic heterocycles. The average molecular weight is 734 g/mol. The van der Waals surface area contributed by atoms with Crippen LogP contribution in [0.15, 0.2) is 11.6 Å². The molecule has 0 spiro atoms. The van der Waals surface area contributed by atoms with E-state index in [0.29, 0.717) is 32.1 Å². The number of aliphatic hydroxyl groups is 4. The monoisotopic (exact) mass is 734 g/mol. The van der Waals surface area contributed by atoms with Gasteiger partial charge in [0.2, 0.25) is 0 Å². The van der Waals surface area contributed by atoms with Crippen LogP contribution in [-0.2, 0) is 4.79 Å². The van der Waals surface area contributed by atoms with Crippen LogP contribution < -0.4 is 43.2 Å². The molecule has 0 saturated heterocycles. The van der Waals surface area contributed by atoms with Gasteiger partial charge in [-0.15, -0.1) is 0 Å². The van der Waals surface area contributed by atoms with E-state index in [1.54, 1.807) is 19.9 Å². The standard InChI is InChI=1S/C27H44I2O7/c1-23(2,33)9-8-22(28-35)26(5,34)21-7-11-27(29-36)16-12-18(30)17-13-19(31)20(32)14-24(17,3)15(16)6-10-25(21,27)4/h12,15,17,19-22,31-36H,6-11,13-14H2,1-5H3/q-2/t15?,17?,19-,20+,21?,22?,24?,25?,26-,27?/m1/s1. The van der Waals surface area contributed by atoms with E-state index in [4.69, 9.17) is 0 Å². The summed E-state index contributed by atoms with van der Waals surface area (Å²) >= 11 is -2.60. The van der Waals surface area contributed by atoms with Gasteiger partial charge < -0.3 is 0 Å². The van der Waals surface area contributed by atoms with Crippen molar-refractivity contribution in [2.45, 2.75) is 117 Å². The fraction of sp³-hybridized carbons (Fsp3) is 0.889. The van der Waals surface area contributed by atoms with Crippen LogP contribution >= 0.6 is 0 Å². The number of fused-ring (bicyclic) bond motifs is 5. The minimum atomic E-state index is -1.33. The Morgan fingerprint density at radius 3 is 2.31 bits per heavy atom. The SMILES string of the molecule is CC(C)(O)CCC([I-]O)[C@](C)(O)C1CCC2([I-]O)C3=CC(=O)C4C[C@@H](O)[C@@H](O)CC4(C)C3CCC12C. The van der Waals surface area contributed by atoms with E-state index >= 15 is 0 Å². The first-order chi connectivity index (χ1) is 16.6. The molecule has 4 aliphatic carbocycles. The summed E-state index contributed by atoms with van der Waals surface area (Å²) in [5.74, 6) is -0.414. The summed E-state index contributed by atoms with van der Waals surface area (Å²) in [5.41, 5.74) is -1.87. The summed E-state index contributed by atoms with van der Waals surface area (Å²) in [6.07, 6.45) is 4.74. The van der Waals surface area contributed by atoms with Crippen molar-refractivity contribution in [1.29, 1.82) is 0 Å². The van der Waals surface area contributed by atoms with Crippen molar-refractivity contribution >= 4 is 5.78 Å². The van der Waals surface area contributed by atoms with Gasteiger partial charge in [-0.2, -0.15) is 0 Å². The quantitative estimate of drug-likeness (QED) is 0.116. The average Bonchev–Trinajstić information content (AvgIpc) is 3.09. The van der Waals surface area contributed by atoms with E-state index in [-0.39, 0.29) is 33.9 Å². The third-order valence-electron chi connectivity index (χ3n) is 10.7. The molecule has 6 N–H and O–H groups in total. The Balaban J connectivity index is 1.72. The number of carbonyl (C=O) groups excluding carboxylic acids is 1. The number of aliphatic hydroxyl groups excluding tert-OH is 2. The number of rotatable bonds is 7. The van der Waals surface area contributed by atoms with Gasteiger partial charge in [0.1, 0.15) is 0 Å². The maximum atomic E-state index is 13.5. The van der Waals surface area contributed by atoms with Gasteiger partial charge in [0.15, 0.2) is 0 Å². The summed E-state index contributed by atoms with van der Waals surface area (Å²) < 4.78 is 20.7. The molecule has 7 nitrogen and oxygen atoms in total. The van der Waals surface area contributed by atoms with Crippen LogP contribution in [-0.4, -0.2) is 63.8 Å². The second kappa shape index (κ2) is 9.92. The molecule has 7 unspecified atom stereocenters. The van der Waals surface area contributed by atoms with Crippen LogP contribution in [0.1, 0.15) is 86.0 Å². The van der Waals surface area contributed by atoms with Gasteiger partial charge in [0.05, 0.1) is 0 Å². The molecule has 0 aromatic rings. The van der Waals surface area contributed by atoms with Crippen molar-refractivity contribution in [3.8, 4) is 0 Å². The summed E-state index contributed by atoms with van der Waals surface area (Å²) in [6.45, 7) is 9.58. The fourth-order valence-corrected chi connectivity index (χ4v) is 12.7.